The van der Waals surface area contributed by atoms with E-state index in [4.69, 9.17) is 29.0 Å². The average molecular weight is 653 g/mol. The molecule has 0 aliphatic heterocycles. The van der Waals surface area contributed by atoms with Crippen molar-refractivity contribution in [3.05, 3.63) is 93.9 Å². The fourth-order valence-corrected chi connectivity index (χ4v) is 5.40. The van der Waals surface area contributed by atoms with Crippen LogP contribution in [0, 0.1) is 6.92 Å². The molecule has 1 amide bonds. The molecule has 0 bridgehead atoms. The van der Waals surface area contributed by atoms with E-state index in [1.165, 1.54) is 33.5 Å². The zero-order valence-electron chi connectivity index (χ0n) is 23.2. The van der Waals surface area contributed by atoms with Crippen molar-refractivity contribution in [2.75, 3.05) is 10.6 Å². The number of benzene rings is 3. The molecule has 0 aliphatic rings. The lowest BCUT2D eigenvalue weighted by Gasteiger charge is -2.09. The van der Waals surface area contributed by atoms with Crippen LogP contribution in [0.1, 0.15) is 5.69 Å². The molecule has 0 saturated heterocycles. The van der Waals surface area contributed by atoms with Gasteiger partial charge >= 0.3 is 0 Å². The third-order valence-electron chi connectivity index (χ3n) is 6.77. The van der Waals surface area contributed by atoms with Gasteiger partial charge in [-0.2, -0.15) is 0 Å². The number of carbonyl (C=O) groups excluding carboxylic acids is 1. The first-order chi connectivity index (χ1) is 20.8. The molecule has 2 heterocycles. The van der Waals surface area contributed by atoms with E-state index in [0.717, 1.165) is 0 Å². The largest absolute Gasteiger partial charge is 0.493 e. The average Bonchev–Trinajstić information content (AvgIpc) is 3.35. The molecule has 0 unspecified atom stereocenters. The van der Waals surface area contributed by atoms with Crippen molar-refractivity contribution in [3.63, 3.8) is 0 Å². The number of nitrogens with two attached hydrogens (primary N) is 1. The molecule has 44 heavy (non-hydrogen) atoms. The molecule has 0 fully saturated rings. The Hall–Kier alpha value is -4.83. The van der Waals surface area contributed by atoms with Gasteiger partial charge in [-0.05, 0) is 73.7 Å². The van der Waals surface area contributed by atoms with Crippen LogP contribution in [0.3, 0.4) is 0 Å². The van der Waals surface area contributed by atoms with Crippen molar-refractivity contribution in [2.24, 2.45) is 22.4 Å². The Morgan fingerprint density at radius 1 is 1.07 bits per heavy atom. The SMILES string of the molecule is Cc1c(NC(=S)N=Nc2c(O)n(CC(=O)Nc3ccc(S(N)(=O)=O)cc3)c3ccc(Cl)cc23)c(=O)n(-c2ccccc2)n1C. The number of nitrogens with zero attached hydrogens (tertiary/aromatic N) is 5. The summed E-state index contributed by atoms with van der Waals surface area (Å²) in [6.45, 7) is 1.42. The first-order valence-corrected chi connectivity index (χ1v) is 15.2. The van der Waals surface area contributed by atoms with E-state index in [9.17, 15) is 23.1 Å². The van der Waals surface area contributed by atoms with Crippen LogP contribution in [0.2, 0.25) is 5.02 Å². The molecule has 0 spiro atoms. The van der Waals surface area contributed by atoms with E-state index in [2.05, 4.69) is 20.9 Å². The van der Waals surface area contributed by atoms with Gasteiger partial charge in [-0.1, -0.05) is 29.8 Å². The molecule has 0 saturated carbocycles. The molecule has 2 aromatic heterocycles. The summed E-state index contributed by atoms with van der Waals surface area (Å²) in [5.74, 6) is -0.902. The number of nitrogens with one attached hydrogen (secondary N) is 2. The lowest BCUT2D eigenvalue weighted by atomic mass is 10.2. The molecule has 5 N–H and O–H groups in total. The van der Waals surface area contributed by atoms with E-state index in [0.29, 0.717) is 33.0 Å². The van der Waals surface area contributed by atoms with Crippen molar-refractivity contribution in [3.8, 4) is 11.6 Å². The maximum absolute atomic E-state index is 13.2. The van der Waals surface area contributed by atoms with Gasteiger partial charge in [0.1, 0.15) is 12.2 Å². The summed E-state index contributed by atoms with van der Waals surface area (Å²) in [5, 5.41) is 30.4. The quantitative estimate of drug-likeness (QED) is 0.147. The summed E-state index contributed by atoms with van der Waals surface area (Å²) in [6, 6.07) is 19.2. The number of hydrogen-bond donors (Lipinski definition) is 4. The number of aromatic hydroxyl groups is 1. The molecular weight excluding hydrogens is 628 g/mol. The fourth-order valence-electron chi connectivity index (χ4n) is 4.57. The minimum atomic E-state index is -3.88. The van der Waals surface area contributed by atoms with Crippen molar-refractivity contribution < 1.29 is 18.3 Å². The molecule has 3 aromatic carbocycles. The Morgan fingerprint density at radius 3 is 2.41 bits per heavy atom. The van der Waals surface area contributed by atoms with Crippen LogP contribution in [0.5, 0.6) is 5.88 Å². The molecule has 16 heteroatoms. The first kappa shape index (κ1) is 30.6. The van der Waals surface area contributed by atoms with Gasteiger partial charge < -0.3 is 20.3 Å². The summed E-state index contributed by atoms with van der Waals surface area (Å²) in [6.07, 6.45) is 0. The molecule has 226 valence electrons. The number of hydrogen-bond acceptors (Lipinski definition) is 7. The van der Waals surface area contributed by atoms with Gasteiger partial charge in [0.05, 0.1) is 21.8 Å². The molecule has 0 aliphatic carbocycles. The van der Waals surface area contributed by atoms with E-state index in [1.807, 2.05) is 18.2 Å². The van der Waals surface area contributed by atoms with Gasteiger partial charge in [0.2, 0.25) is 26.9 Å². The van der Waals surface area contributed by atoms with Gasteiger partial charge in [0.15, 0.2) is 5.69 Å². The number of amides is 1. The molecule has 13 nitrogen and oxygen atoms in total. The van der Waals surface area contributed by atoms with Crippen LogP contribution in [-0.2, 0) is 28.4 Å². The first-order valence-electron chi connectivity index (χ1n) is 12.9. The highest BCUT2D eigenvalue weighted by Crippen LogP contribution is 2.40. The molecule has 0 atom stereocenters. The monoisotopic (exact) mass is 652 g/mol. The zero-order valence-corrected chi connectivity index (χ0v) is 25.6. The Labute approximate surface area is 261 Å². The summed E-state index contributed by atoms with van der Waals surface area (Å²) >= 11 is 11.6. The number of primary sulfonamides is 1. The number of sulfonamides is 1. The number of anilines is 2. The molecule has 5 rings (SSSR count). The van der Waals surface area contributed by atoms with Crippen molar-refractivity contribution in [1.82, 2.24) is 13.9 Å². The van der Waals surface area contributed by atoms with Crippen molar-refractivity contribution in [1.29, 1.82) is 0 Å². The zero-order chi connectivity index (χ0) is 31.8. The molecular formula is C28H25ClN8O5S2. The number of para-hydroxylation sites is 1. The van der Waals surface area contributed by atoms with Crippen LogP contribution < -0.4 is 21.3 Å². The number of thiocarbonyl (C=S) groups is 1. The van der Waals surface area contributed by atoms with Crippen molar-refractivity contribution >= 4 is 72.8 Å². The number of aromatic nitrogens is 3. The van der Waals surface area contributed by atoms with Crippen LogP contribution in [0.25, 0.3) is 16.6 Å². The van der Waals surface area contributed by atoms with Gasteiger partial charge in [0, 0.05) is 23.1 Å². The van der Waals surface area contributed by atoms with Crippen LogP contribution in [0.4, 0.5) is 17.1 Å². The highest BCUT2D eigenvalue weighted by atomic mass is 35.5. The number of rotatable bonds is 7. The topological polar surface area (TPSA) is 178 Å². The number of fused-ring (bicyclic) bond motifs is 1. The minimum Gasteiger partial charge on any atom is -0.493 e. The second-order valence-corrected chi connectivity index (χ2v) is 12.0. The molecule has 0 radical (unpaired) electrons. The standard InChI is InChI=1S/C28H25ClN8O5S2/c1-16-24(27(40)37(35(16)2)19-6-4-3-5-7-19)32-28(43)34-33-25-21-14-17(29)8-13-22(21)36(26(25)39)15-23(38)31-18-9-11-20(12-10-18)44(30,41)42/h3-14,39H,15H2,1-2H3,(H,31,38)(H,32,43)(H2,30,41,42). The number of carbonyl (C=O) groups is 1. The van der Waals surface area contributed by atoms with Crippen LogP contribution in [0.15, 0.2) is 92.7 Å². The maximum atomic E-state index is 13.2. The third-order valence-corrected chi connectivity index (χ3v) is 8.12. The normalized spacial score (nSPS) is 11.7. The van der Waals surface area contributed by atoms with Gasteiger partial charge in [-0.15, -0.1) is 10.2 Å². The fraction of sp³-hybridized carbons (Fsp3) is 0.107. The lowest BCUT2D eigenvalue weighted by molar-refractivity contribution is -0.116. The van der Waals surface area contributed by atoms with E-state index in [1.54, 1.807) is 49.0 Å². The summed E-state index contributed by atoms with van der Waals surface area (Å²) in [5.41, 5.74) is 1.90. The number of halogens is 1. The van der Waals surface area contributed by atoms with Gasteiger partial charge in [0.25, 0.3) is 5.56 Å². The summed E-state index contributed by atoms with van der Waals surface area (Å²) in [4.78, 5) is 26.0. The second kappa shape index (κ2) is 12.0. The Bertz CT molecular complexity index is 2120. The van der Waals surface area contributed by atoms with E-state index < -0.39 is 15.9 Å². The van der Waals surface area contributed by atoms with E-state index >= 15 is 0 Å². The summed E-state index contributed by atoms with van der Waals surface area (Å²) < 4.78 is 27.4. The Morgan fingerprint density at radius 2 is 1.75 bits per heavy atom. The van der Waals surface area contributed by atoms with E-state index in [-0.39, 0.29) is 39.4 Å². The van der Waals surface area contributed by atoms with Crippen LogP contribution >= 0.6 is 23.8 Å². The van der Waals surface area contributed by atoms with Gasteiger partial charge in [-0.25, -0.2) is 18.2 Å². The predicted octanol–water partition coefficient (Wildman–Crippen LogP) is 4.56. The highest BCUT2D eigenvalue weighted by Gasteiger charge is 2.21. The number of azo groups is 1. The Kier molecular flexibility index (Phi) is 8.38. The highest BCUT2D eigenvalue weighted by molar-refractivity contribution is 7.89. The second-order valence-electron chi connectivity index (χ2n) is 9.60. The third kappa shape index (κ3) is 6.12. The van der Waals surface area contributed by atoms with Crippen LogP contribution in [-0.4, -0.2) is 38.5 Å². The lowest BCUT2D eigenvalue weighted by Crippen LogP contribution is -2.21. The maximum Gasteiger partial charge on any atom is 0.295 e. The summed E-state index contributed by atoms with van der Waals surface area (Å²) in [7, 11) is -2.14. The molecule has 5 aromatic rings. The smallest absolute Gasteiger partial charge is 0.295 e. The Balaban J connectivity index is 1.39. The van der Waals surface area contributed by atoms with Gasteiger partial charge in [-0.3, -0.25) is 14.3 Å². The van der Waals surface area contributed by atoms with Crippen molar-refractivity contribution in [2.45, 2.75) is 18.4 Å². The minimum absolute atomic E-state index is 0.00318. The predicted molar refractivity (Wildman–Crippen MR) is 172 cm³/mol.